The van der Waals surface area contributed by atoms with Crippen molar-refractivity contribution in [3.8, 4) is 0 Å². The second kappa shape index (κ2) is 11.5. The lowest BCUT2D eigenvalue weighted by atomic mass is 9.96. The number of hydrogen-bond donors (Lipinski definition) is 2. The van der Waals surface area contributed by atoms with E-state index in [-0.39, 0.29) is 13.0 Å². The third kappa shape index (κ3) is 8.06. The SMILES string of the molecule is O=C(C=Cc1ccccc1)OCOC(=O)NCCC(C(=O)O)c1ccc(Cl)cc1. The summed E-state index contributed by atoms with van der Waals surface area (Å²) < 4.78 is 9.50. The molecule has 7 nitrogen and oxygen atoms in total. The number of carboxylic acids is 1. The fraction of sp³-hybridized carbons (Fsp3) is 0.190. The standard InChI is InChI=1S/C21H20ClNO6/c22-17-9-7-16(8-10-17)18(20(25)26)12-13-23-21(27)29-14-28-19(24)11-6-15-4-2-1-3-5-15/h1-11,18H,12-14H2,(H,23,27)(H,25,26). The Morgan fingerprint density at radius 3 is 2.38 bits per heavy atom. The molecule has 0 fully saturated rings. The molecule has 0 saturated heterocycles. The van der Waals surface area contributed by atoms with Crippen LogP contribution in [0.3, 0.4) is 0 Å². The van der Waals surface area contributed by atoms with Gasteiger partial charge < -0.3 is 19.9 Å². The molecule has 0 radical (unpaired) electrons. The fourth-order valence-electron chi connectivity index (χ4n) is 2.41. The van der Waals surface area contributed by atoms with Crippen molar-refractivity contribution in [1.82, 2.24) is 5.32 Å². The largest absolute Gasteiger partial charge is 0.481 e. The Morgan fingerprint density at radius 2 is 1.72 bits per heavy atom. The predicted octanol–water partition coefficient (Wildman–Crippen LogP) is 3.84. The Bertz CT molecular complexity index is 851. The number of halogens is 1. The zero-order chi connectivity index (χ0) is 21.1. The number of esters is 1. The van der Waals surface area contributed by atoms with Crippen LogP contribution in [0.25, 0.3) is 6.08 Å². The van der Waals surface area contributed by atoms with Crippen molar-refractivity contribution in [2.75, 3.05) is 13.3 Å². The molecule has 0 aliphatic carbocycles. The lowest BCUT2D eigenvalue weighted by Crippen LogP contribution is -2.28. The van der Waals surface area contributed by atoms with Crippen LogP contribution >= 0.6 is 11.6 Å². The van der Waals surface area contributed by atoms with Crippen LogP contribution in [-0.4, -0.2) is 36.5 Å². The molecule has 2 aromatic rings. The molecule has 1 atom stereocenters. The maximum Gasteiger partial charge on any atom is 0.410 e. The van der Waals surface area contributed by atoms with E-state index in [0.29, 0.717) is 10.6 Å². The Hall–Kier alpha value is -3.32. The summed E-state index contributed by atoms with van der Waals surface area (Å²) in [5, 5.41) is 12.3. The van der Waals surface area contributed by atoms with Crippen molar-refractivity contribution < 1.29 is 29.0 Å². The molecule has 0 heterocycles. The quantitative estimate of drug-likeness (QED) is 0.365. The van der Waals surface area contributed by atoms with E-state index in [0.717, 1.165) is 5.56 Å². The summed E-state index contributed by atoms with van der Waals surface area (Å²) in [6, 6.07) is 15.6. The zero-order valence-electron chi connectivity index (χ0n) is 15.4. The van der Waals surface area contributed by atoms with Gasteiger partial charge >= 0.3 is 18.0 Å². The molecule has 1 unspecified atom stereocenters. The number of rotatable bonds is 9. The van der Waals surface area contributed by atoms with E-state index in [1.54, 1.807) is 30.3 Å². The van der Waals surface area contributed by atoms with E-state index in [4.69, 9.17) is 21.1 Å². The summed E-state index contributed by atoms with van der Waals surface area (Å²) in [5.74, 6) is -2.47. The topological polar surface area (TPSA) is 102 Å². The normalized spacial score (nSPS) is 11.6. The third-order valence-corrected chi connectivity index (χ3v) is 4.13. The first-order valence-corrected chi connectivity index (χ1v) is 9.12. The van der Waals surface area contributed by atoms with Crippen molar-refractivity contribution in [1.29, 1.82) is 0 Å². The molecule has 2 N–H and O–H groups in total. The lowest BCUT2D eigenvalue weighted by Gasteiger charge is -2.13. The second-order valence-electron chi connectivity index (χ2n) is 5.91. The van der Waals surface area contributed by atoms with Crippen molar-refractivity contribution in [3.63, 3.8) is 0 Å². The van der Waals surface area contributed by atoms with Crippen LogP contribution in [-0.2, 0) is 19.1 Å². The maximum absolute atomic E-state index is 11.6. The van der Waals surface area contributed by atoms with Crippen LogP contribution < -0.4 is 5.32 Å². The molecular formula is C21H20ClNO6. The number of carbonyl (C=O) groups excluding carboxylic acids is 2. The van der Waals surface area contributed by atoms with Gasteiger partial charge in [0.15, 0.2) is 0 Å². The number of alkyl carbamates (subject to hydrolysis) is 1. The Balaban J connectivity index is 1.68. The molecule has 0 spiro atoms. The molecule has 0 aliphatic rings. The average molecular weight is 418 g/mol. The van der Waals surface area contributed by atoms with Gasteiger partial charge in [-0.1, -0.05) is 54.1 Å². The number of nitrogens with one attached hydrogen (secondary N) is 1. The summed E-state index contributed by atoms with van der Waals surface area (Å²) in [6.07, 6.45) is 2.14. The highest BCUT2D eigenvalue weighted by molar-refractivity contribution is 6.30. The number of carbonyl (C=O) groups is 3. The first-order valence-electron chi connectivity index (χ1n) is 8.74. The molecule has 0 saturated carbocycles. The highest BCUT2D eigenvalue weighted by Crippen LogP contribution is 2.21. The van der Waals surface area contributed by atoms with Crippen molar-refractivity contribution in [2.24, 2.45) is 0 Å². The minimum absolute atomic E-state index is 0.0697. The van der Waals surface area contributed by atoms with Crippen LogP contribution in [0.15, 0.2) is 60.7 Å². The maximum atomic E-state index is 11.6. The highest BCUT2D eigenvalue weighted by Gasteiger charge is 2.19. The van der Waals surface area contributed by atoms with Gasteiger partial charge in [0.05, 0.1) is 5.92 Å². The van der Waals surface area contributed by atoms with Crippen LogP contribution in [0.1, 0.15) is 23.5 Å². The summed E-state index contributed by atoms with van der Waals surface area (Å²) in [4.78, 5) is 34.6. The minimum atomic E-state index is -1.01. The summed E-state index contributed by atoms with van der Waals surface area (Å²) in [5.41, 5.74) is 1.41. The molecule has 0 aliphatic heterocycles. The van der Waals surface area contributed by atoms with Crippen LogP contribution in [0, 0.1) is 0 Å². The van der Waals surface area contributed by atoms with Crippen LogP contribution in [0.4, 0.5) is 4.79 Å². The fourth-order valence-corrected chi connectivity index (χ4v) is 2.54. The van der Waals surface area contributed by atoms with Gasteiger partial charge in [0.2, 0.25) is 6.79 Å². The van der Waals surface area contributed by atoms with Gasteiger partial charge in [0, 0.05) is 17.6 Å². The molecule has 1 amide bonds. The number of ether oxygens (including phenoxy) is 2. The van der Waals surface area contributed by atoms with Gasteiger partial charge in [-0.2, -0.15) is 0 Å². The van der Waals surface area contributed by atoms with Gasteiger partial charge in [-0.05, 0) is 35.8 Å². The van der Waals surface area contributed by atoms with Gasteiger partial charge in [-0.3, -0.25) is 4.79 Å². The summed E-state index contributed by atoms with van der Waals surface area (Å²) >= 11 is 5.80. The molecule has 0 aromatic heterocycles. The number of benzene rings is 2. The van der Waals surface area contributed by atoms with E-state index in [9.17, 15) is 19.5 Å². The van der Waals surface area contributed by atoms with Crippen molar-refractivity contribution >= 4 is 35.7 Å². The Kier molecular flexibility index (Phi) is 8.72. The lowest BCUT2D eigenvalue weighted by molar-refractivity contribution is -0.145. The average Bonchev–Trinajstić information content (AvgIpc) is 2.71. The molecule has 29 heavy (non-hydrogen) atoms. The van der Waals surface area contributed by atoms with E-state index < -0.39 is 30.7 Å². The minimum Gasteiger partial charge on any atom is -0.481 e. The first kappa shape index (κ1) is 22.0. The Morgan fingerprint density at radius 1 is 1.03 bits per heavy atom. The van der Waals surface area contributed by atoms with Crippen LogP contribution in [0.2, 0.25) is 5.02 Å². The number of amides is 1. The van der Waals surface area contributed by atoms with Crippen molar-refractivity contribution in [2.45, 2.75) is 12.3 Å². The predicted molar refractivity (Wildman–Crippen MR) is 107 cm³/mol. The highest BCUT2D eigenvalue weighted by atomic mass is 35.5. The molecular weight excluding hydrogens is 398 g/mol. The molecule has 2 aromatic carbocycles. The monoisotopic (exact) mass is 417 g/mol. The third-order valence-electron chi connectivity index (χ3n) is 3.88. The van der Waals surface area contributed by atoms with Gasteiger partial charge in [-0.25, -0.2) is 9.59 Å². The van der Waals surface area contributed by atoms with E-state index in [2.05, 4.69) is 5.32 Å². The number of aliphatic carboxylic acids is 1. The summed E-state index contributed by atoms with van der Waals surface area (Å²) in [6.45, 7) is -0.483. The van der Waals surface area contributed by atoms with Gasteiger partial charge in [0.25, 0.3) is 0 Å². The molecule has 152 valence electrons. The zero-order valence-corrected chi connectivity index (χ0v) is 16.2. The summed E-state index contributed by atoms with van der Waals surface area (Å²) in [7, 11) is 0. The molecule has 8 heteroatoms. The molecule has 2 rings (SSSR count). The van der Waals surface area contributed by atoms with E-state index in [1.165, 1.54) is 6.08 Å². The number of carboxylic acid groups (broad SMARTS) is 1. The number of hydrogen-bond acceptors (Lipinski definition) is 5. The van der Waals surface area contributed by atoms with Crippen molar-refractivity contribution in [3.05, 3.63) is 76.8 Å². The van der Waals surface area contributed by atoms with Gasteiger partial charge in [0.1, 0.15) is 0 Å². The first-order chi connectivity index (χ1) is 14.0. The van der Waals surface area contributed by atoms with E-state index >= 15 is 0 Å². The van der Waals surface area contributed by atoms with Gasteiger partial charge in [-0.15, -0.1) is 0 Å². The van der Waals surface area contributed by atoms with E-state index in [1.807, 2.05) is 30.3 Å². The smallest absolute Gasteiger partial charge is 0.410 e. The van der Waals surface area contributed by atoms with Crippen LogP contribution in [0.5, 0.6) is 0 Å². The molecule has 0 bridgehead atoms. The Labute approximate surface area is 172 Å². The second-order valence-corrected chi connectivity index (χ2v) is 6.35.